The van der Waals surface area contributed by atoms with Crippen LogP contribution in [-0.4, -0.2) is 31.1 Å². The van der Waals surface area contributed by atoms with Crippen molar-refractivity contribution in [3.8, 4) is 0 Å². The third-order valence-corrected chi connectivity index (χ3v) is 4.51. The summed E-state index contributed by atoms with van der Waals surface area (Å²) in [6.45, 7) is 2.93. The first-order valence-corrected chi connectivity index (χ1v) is 7.90. The maximum absolute atomic E-state index is 6.18. The summed E-state index contributed by atoms with van der Waals surface area (Å²) >= 11 is 7.61. The van der Waals surface area contributed by atoms with Gasteiger partial charge < -0.3 is 11.1 Å². The Balaban J connectivity index is 1.98. The van der Waals surface area contributed by atoms with Crippen LogP contribution in [0.2, 0.25) is 5.02 Å². The number of anilines is 2. The number of aromatic nitrogens is 5. The number of fused-ring (bicyclic) bond motifs is 1. The molecule has 114 valence electrons. The zero-order valence-electron chi connectivity index (χ0n) is 11.8. The van der Waals surface area contributed by atoms with Crippen LogP contribution in [0.5, 0.6) is 0 Å². The van der Waals surface area contributed by atoms with Gasteiger partial charge in [0.1, 0.15) is 12.1 Å². The smallest absolute Gasteiger partial charge is 0.210 e. The van der Waals surface area contributed by atoms with Gasteiger partial charge in [-0.3, -0.25) is 4.40 Å². The van der Waals surface area contributed by atoms with E-state index in [9.17, 15) is 0 Å². The van der Waals surface area contributed by atoms with E-state index in [0.717, 1.165) is 22.8 Å². The molecular weight excluding hydrogens is 322 g/mol. The van der Waals surface area contributed by atoms with Gasteiger partial charge in [0.05, 0.1) is 9.92 Å². The number of pyridine rings is 1. The number of nitrogens with zero attached hydrogens (tertiary/aromatic N) is 5. The average Bonchev–Trinajstić information content (AvgIpc) is 3.01. The summed E-state index contributed by atoms with van der Waals surface area (Å²) in [7, 11) is 0. The second kappa shape index (κ2) is 6.37. The molecule has 3 aromatic rings. The summed E-state index contributed by atoms with van der Waals surface area (Å²) in [6, 6.07) is 1.81. The van der Waals surface area contributed by atoms with Crippen LogP contribution in [0, 0.1) is 0 Å². The first-order valence-electron chi connectivity index (χ1n) is 6.71. The lowest BCUT2D eigenvalue weighted by Gasteiger charge is -2.09. The molecule has 7 nitrogen and oxygen atoms in total. The topological polar surface area (TPSA) is 94.0 Å². The largest absolute Gasteiger partial charge is 0.382 e. The van der Waals surface area contributed by atoms with Crippen LogP contribution < -0.4 is 11.1 Å². The highest BCUT2D eigenvalue weighted by Gasteiger charge is 2.13. The third kappa shape index (κ3) is 2.79. The highest BCUT2D eigenvalue weighted by atomic mass is 35.5. The summed E-state index contributed by atoms with van der Waals surface area (Å²) in [5, 5.41) is 11.8. The van der Waals surface area contributed by atoms with Crippen LogP contribution in [0.1, 0.15) is 13.3 Å². The van der Waals surface area contributed by atoms with E-state index in [1.807, 2.05) is 4.40 Å². The SMILES string of the molecule is CCCNc1ncc(Sc2ccnc(N)c2Cl)c2nncn12. The molecule has 0 bridgehead atoms. The van der Waals surface area contributed by atoms with Crippen molar-refractivity contribution in [1.29, 1.82) is 0 Å². The molecule has 9 heteroatoms. The van der Waals surface area contributed by atoms with Gasteiger partial charge in [0.2, 0.25) is 5.95 Å². The van der Waals surface area contributed by atoms with Gasteiger partial charge in [-0.2, -0.15) is 0 Å². The van der Waals surface area contributed by atoms with Gasteiger partial charge in [-0.05, 0) is 12.5 Å². The Morgan fingerprint density at radius 1 is 1.36 bits per heavy atom. The molecule has 3 aromatic heterocycles. The molecule has 0 aromatic carbocycles. The van der Waals surface area contributed by atoms with E-state index in [2.05, 4.69) is 32.4 Å². The van der Waals surface area contributed by atoms with Crippen molar-refractivity contribution in [1.82, 2.24) is 24.6 Å². The van der Waals surface area contributed by atoms with Gasteiger partial charge in [-0.15, -0.1) is 10.2 Å². The second-order valence-electron chi connectivity index (χ2n) is 4.51. The van der Waals surface area contributed by atoms with Crippen LogP contribution in [-0.2, 0) is 0 Å². The van der Waals surface area contributed by atoms with Crippen LogP contribution >= 0.6 is 23.4 Å². The minimum absolute atomic E-state index is 0.304. The number of hydrogen-bond donors (Lipinski definition) is 2. The molecule has 22 heavy (non-hydrogen) atoms. The van der Waals surface area contributed by atoms with Crippen molar-refractivity contribution in [2.45, 2.75) is 23.1 Å². The maximum atomic E-state index is 6.18. The number of nitrogens with two attached hydrogens (primary N) is 1. The molecule has 0 aliphatic carbocycles. The molecule has 0 spiro atoms. The van der Waals surface area contributed by atoms with E-state index in [-0.39, 0.29) is 0 Å². The highest BCUT2D eigenvalue weighted by Crippen LogP contribution is 2.36. The average molecular weight is 336 g/mol. The standard InChI is InChI=1S/C13H14ClN7S/c1-2-4-17-13-18-6-9(12-20-19-7-21(12)13)22-8-3-5-16-11(15)10(8)14/h3,5-7H,2,4H2,1H3,(H2,15,16)(H,17,18). The minimum Gasteiger partial charge on any atom is -0.382 e. The molecule has 0 fully saturated rings. The summed E-state index contributed by atoms with van der Waals surface area (Å²) in [5.74, 6) is 1.02. The van der Waals surface area contributed by atoms with Gasteiger partial charge in [-0.25, -0.2) is 9.97 Å². The zero-order chi connectivity index (χ0) is 15.5. The van der Waals surface area contributed by atoms with E-state index in [1.165, 1.54) is 11.8 Å². The lowest BCUT2D eigenvalue weighted by Crippen LogP contribution is -2.07. The Labute approximate surface area is 136 Å². The fraction of sp³-hybridized carbons (Fsp3) is 0.231. The lowest BCUT2D eigenvalue weighted by atomic mass is 10.5. The van der Waals surface area contributed by atoms with Crippen molar-refractivity contribution in [3.05, 3.63) is 29.8 Å². The Hall–Kier alpha value is -2.06. The highest BCUT2D eigenvalue weighted by molar-refractivity contribution is 7.99. The fourth-order valence-corrected chi connectivity index (χ4v) is 3.00. The molecule has 0 unspecified atom stereocenters. The van der Waals surface area contributed by atoms with Gasteiger partial charge in [0.15, 0.2) is 5.65 Å². The Morgan fingerprint density at radius 2 is 2.23 bits per heavy atom. The van der Waals surface area contributed by atoms with Crippen molar-refractivity contribution < 1.29 is 0 Å². The molecule has 0 saturated heterocycles. The van der Waals surface area contributed by atoms with Crippen LogP contribution in [0.3, 0.4) is 0 Å². The predicted octanol–water partition coefficient (Wildman–Crippen LogP) is 2.73. The molecule has 0 amide bonds. The summed E-state index contributed by atoms with van der Waals surface area (Å²) in [6.07, 6.45) is 6.01. The molecule has 0 saturated carbocycles. The first-order chi connectivity index (χ1) is 10.7. The lowest BCUT2D eigenvalue weighted by molar-refractivity contribution is 0.931. The van der Waals surface area contributed by atoms with E-state index in [1.54, 1.807) is 24.8 Å². The molecular formula is C13H14ClN7S. The first kappa shape index (κ1) is 14.9. The van der Waals surface area contributed by atoms with Crippen LogP contribution in [0.4, 0.5) is 11.8 Å². The minimum atomic E-state index is 0.304. The summed E-state index contributed by atoms with van der Waals surface area (Å²) < 4.78 is 1.82. The summed E-state index contributed by atoms with van der Waals surface area (Å²) in [5.41, 5.74) is 6.44. The van der Waals surface area contributed by atoms with E-state index < -0.39 is 0 Å². The second-order valence-corrected chi connectivity index (χ2v) is 5.97. The monoisotopic (exact) mass is 335 g/mol. The predicted molar refractivity (Wildman–Crippen MR) is 87.3 cm³/mol. The fourth-order valence-electron chi connectivity index (χ4n) is 1.88. The van der Waals surface area contributed by atoms with Crippen LogP contribution in [0.15, 0.2) is 34.6 Å². The Bertz CT molecular complexity index is 804. The van der Waals surface area contributed by atoms with E-state index in [4.69, 9.17) is 17.3 Å². The number of nitrogen functional groups attached to an aromatic ring is 1. The van der Waals surface area contributed by atoms with Crippen molar-refractivity contribution >= 4 is 40.8 Å². The van der Waals surface area contributed by atoms with Gasteiger partial charge >= 0.3 is 0 Å². The number of hydrogen-bond acceptors (Lipinski definition) is 7. The molecule has 3 heterocycles. The van der Waals surface area contributed by atoms with Crippen LogP contribution in [0.25, 0.3) is 5.65 Å². The molecule has 3 rings (SSSR count). The molecule has 0 atom stereocenters. The third-order valence-electron chi connectivity index (χ3n) is 2.93. The molecule has 3 N–H and O–H groups in total. The van der Waals surface area contributed by atoms with Gasteiger partial charge in [0, 0.05) is 23.8 Å². The van der Waals surface area contributed by atoms with Crippen molar-refractivity contribution in [2.75, 3.05) is 17.6 Å². The summed E-state index contributed by atoms with van der Waals surface area (Å²) in [4.78, 5) is 10.0. The van der Waals surface area contributed by atoms with Gasteiger partial charge in [0.25, 0.3) is 0 Å². The van der Waals surface area contributed by atoms with Crippen molar-refractivity contribution in [2.24, 2.45) is 0 Å². The molecule has 0 aliphatic rings. The van der Waals surface area contributed by atoms with E-state index in [0.29, 0.717) is 22.4 Å². The maximum Gasteiger partial charge on any atom is 0.210 e. The number of rotatable bonds is 5. The van der Waals surface area contributed by atoms with Gasteiger partial charge in [-0.1, -0.05) is 30.3 Å². The van der Waals surface area contributed by atoms with E-state index >= 15 is 0 Å². The van der Waals surface area contributed by atoms with Crippen molar-refractivity contribution in [3.63, 3.8) is 0 Å². The Morgan fingerprint density at radius 3 is 3.05 bits per heavy atom. The Kier molecular flexibility index (Phi) is 4.30. The molecule has 0 radical (unpaired) electrons. The normalized spacial score (nSPS) is 11.0. The number of halogens is 1. The quantitative estimate of drug-likeness (QED) is 0.740. The zero-order valence-corrected chi connectivity index (χ0v) is 13.4. The molecule has 0 aliphatic heterocycles. The number of nitrogens with one attached hydrogen (secondary N) is 1.